The van der Waals surface area contributed by atoms with Gasteiger partial charge in [0.1, 0.15) is 11.5 Å². The molecule has 0 fully saturated rings. The van der Waals surface area contributed by atoms with E-state index in [0.717, 1.165) is 12.2 Å². The Morgan fingerprint density at radius 1 is 1.43 bits per heavy atom. The summed E-state index contributed by atoms with van der Waals surface area (Å²) in [6.45, 7) is 4.14. The minimum Gasteiger partial charge on any atom is -0.434 e. The number of nitrogens with zero attached hydrogens (tertiary/aromatic N) is 1. The van der Waals surface area contributed by atoms with Gasteiger partial charge in [-0.25, -0.2) is 0 Å². The number of oxazole rings is 1. The Balaban J connectivity index is 2.62. The lowest BCUT2D eigenvalue weighted by Gasteiger charge is -2.26. The van der Waals surface area contributed by atoms with Crippen molar-refractivity contribution in [2.75, 3.05) is 0 Å². The third kappa shape index (κ3) is 1.34. The summed E-state index contributed by atoms with van der Waals surface area (Å²) in [6.07, 6.45) is 1.36. The second-order valence-electron chi connectivity index (χ2n) is 4.64. The Kier molecular flexibility index (Phi) is 1.93. The summed E-state index contributed by atoms with van der Waals surface area (Å²) in [7, 11) is 1.78. The van der Waals surface area contributed by atoms with E-state index in [4.69, 9.17) is 16.6 Å². The van der Waals surface area contributed by atoms with Crippen molar-refractivity contribution in [3.05, 3.63) is 16.3 Å². The van der Waals surface area contributed by atoms with Crippen molar-refractivity contribution in [2.24, 2.45) is 12.5 Å². The van der Waals surface area contributed by atoms with Crippen LogP contribution in [-0.2, 0) is 13.5 Å². The zero-order chi connectivity index (χ0) is 10.5. The summed E-state index contributed by atoms with van der Waals surface area (Å²) in [5.74, 6) is 0.886. The van der Waals surface area contributed by atoms with Crippen molar-refractivity contribution in [1.29, 1.82) is 0 Å². The van der Waals surface area contributed by atoms with Crippen LogP contribution < -0.4 is 0 Å². The van der Waals surface area contributed by atoms with Crippen molar-refractivity contribution in [3.63, 3.8) is 0 Å². The number of Topliss-reactive ketones (excluding diaryl/α,β-unsaturated/α-hetero) is 1. The normalized spacial score (nSPS) is 19.5. The molecule has 0 bridgehead atoms. The second kappa shape index (κ2) is 2.79. The lowest BCUT2D eigenvalue weighted by atomic mass is 9.78. The van der Waals surface area contributed by atoms with Crippen LogP contribution in [-0.4, -0.2) is 10.4 Å². The minimum atomic E-state index is -0.00326. The standard InChI is InChI=1S/C10H13NO2S/c1-10(2)4-6(12)8-7(5-10)13-9(14)11(8)3/h4-5H2,1-3H3. The third-order valence-electron chi connectivity index (χ3n) is 2.63. The van der Waals surface area contributed by atoms with E-state index in [1.165, 1.54) is 0 Å². The van der Waals surface area contributed by atoms with Gasteiger partial charge in [0.15, 0.2) is 5.78 Å². The fourth-order valence-corrected chi connectivity index (χ4v) is 2.17. The molecule has 1 heterocycles. The quantitative estimate of drug-likeness (QED) is 0.618. The maximum Gasteiger partial charge on any atom is 0.269 e. The number of rotatable bonds is 0. The van der Waals surface area contributed by atoms with Gasteiger partial charge in [-0.3, -0.25) is 9.36 Å². The van der Waals surface area contributed by atoms with E-state index in [1.54, 1.807) is 11.6 Å². The smallest absolute Gasteiger partial charge is 0.269 e. The SMILES string of the molecule is Cn1c2c(oc1=S)CC(C)(C)CC2=O. The number of hydrogen-bond donors (Lipinski definition) is 0. The number of carbonyl (C=O) groups excluding carboxylic acids is 1. The molecule has 0 radical (unpaired) electrons. The fourth-order valence-electron chi connectivity index (χ4n) is 1.98. The molecule has 3 nitrogen and oxygen atoms in total. The Morgan fingerprint density at radius 3 is 2.71 bits per heavy atom. The molecular formula is C10H13NO2S. The molecule has 0 spiro atoms. The van der Waals surface area contributed by atoms with Gasteiger partial charge in [-0.1, -0.05) is 13.8 Å². The van der Waals surface area contributed by atoms with Gasteiger partial charge in [0.25, 0.3) is 4.84 Å². The van der Waals surface area contributed by atoms with Crippen LogP contribution >= 0.6 is 12.2 Å². The van der Waals surface area contributed by atoms with Crippen LogP contribution in [0.4, 0.5) is 0 Å². The first kappa shape index (κ1) is 9.65. The Morgan fingerprint density at radius 2 is 2.07 bits per heavy atom. The molecule has 2 rings (SSSR count). The maximum absolute atomic E-state index is 11.8. The van der Waals surface area contributed by atoms with Gasteiger partial charge in [-0.05, 0) is 17.6 Å². The van der Waals surface area contributed by atoms with Crippen molar-refractivity contribution >= 4 is 18.0 Å². The minimum absolute atomic E-state index is 0.00326. The molecule has 1 aromatic heterocycles. The Bertz CT molecular complexity index is 453. The van der Waals surface area contributed by atoms with Gasteiger partial charge in [0.05, 0.1) is 0 Å². The van der Waals surface area contributed by atoms with Crippen molar-refractivity contribution in [1.82, 2.24) is 4.57 Å². The van der Waals surface area contributed by atoms with E-state index in [9.17, 15) is 4.79 Å². The number of ketones is 1. The molecule has 0 atom stereocenters. The predicted octanol–water partition coefficient (Wildman–Crippen LogP) is 2.50. The van der Waals surface area contributed by atoms with Crippen LogP contribution in [0.5, 0.6) is 0 Å². The summed E-state index contributed by atoms with van der Waals surface area (Å²) in [5, 5.41) is 0. The molecular weight excluding hydrogens is 198 g/mol. The molecule has 0 aromatic carbocycles. The third-order valence-corrected chi connectivity index (χ3v) is 2.98. The molecule has 1 aliphatic carbocycles. The van der Waals surface area contributed by atoms with Gasteiger partial charge < -0.3 is 4.42 Å². The summed E-state index contributed by atoms with van der Waals surface area (Å²) < 4.78 is 7.07. The molecule has 76 valence electrons. The average molecular weight is 211 g/mol. The largest absolute Gasteiger partial charge is 0.434 e. The van der Waals surface area contributed by atoms with Crippen LogP contribution in [0.1, 0.15) is 36.5 Å². The molecule has 0 unspecified atom stereocenters. The molecule has 1 aliphatic rings. The van der Waals surface area contributed by atoms with E-state index in [1.807, 2.05) is 0 Å². The van der Waals surface area contributed by atoms with Crippen LogP contribution in [0, 0.1) is 10.3 Å². The zero-order valence-electron chi connectivity index (χ0n) is 8.59. The highest BCUT2D eigenvalue weighted by atomic mass is 32.1. The number of carbonyl (C=O) groups is 1. The summed E-state index contributed by atoms with van der Waals surface area (Å²) in [6, 6.07) is 0. The van der Waals surface area contributed by atoms with Crippen molar-refractivity contribution in [3.8, 4) is 0 Å². The summed E-state index contributed by atoms with van der Waals surface area (Å²) in [5.41, 5.74) is 0.658. The number of aromatic nitrogens is 1. The lowest BCUT2D eigenvalue weighted by Crippen LogP contribution is -2.27. The summed E-state index contributed by atoms with van der Waals surface area (Å²) in [4.78, 5) is 12.2. The Labute approximate surface area is 87.7 Å². The molecule has 14 heavy (non-hydrogen) atoms. The molecule has 0 saturated heterocycles. The van der Waals surface area contributed by atoms with E-state index < -0.39 is 0 Å². The lowest BCUT2D eigenvalue weighted by molar-refractivity contribution is 0.0896. The molecule has 0 aliphatic heterocycles. The first-order valence-electron chi connectivity index (χ1n) is 4.63. The first-order valence-corrected chi connectivity index (χ1v) is 5.03. The highest BCUT2D eigenvalue weighted by Gasteiger charge is 2.35. The molecule has 0 amide bonds. The Hall–Kier alpha value is -0.900. The number of hydrogen-bond acceptors (Lipinski definition) is 3. The van der Waals surface area contributed by atoms with Gasteiger partial charge in [0.2, 0.25) is 0 Å². The second-order valence-corrected chi connectivity index (χ2v) is 4.99. The number of fused-ring (bicyclic) bond motifs is 1. The molecule has 4 heteroatoms. The van der Waals surface area contributed by atoms with Crippen LogP contribution in [0.3, 0.4) is 0 Å². The average Bonchev–Trinajstić information content (AvgIpc) is 2.24. The molecule has 1 aromatic rings. The fraction of sp³-hybridized carbons (Fsp3) is 0.600. The summed E-state index contributed by atoms with van der Waals surface area (Å²) >= 11 is 4.99. The predicted molar refractivity (Wildman–Crippen MR) is 54.9 cm³/mol. The molecule has 0 N–H and O–H groups in total. The highest BCUT2D eigenvalue weighted by molar-refractivity contribution is 7.71. The zero-order valence-corrected chi connectivity index (χ0v) is 9.40. The molecule has 0 saturated carbocycles. The van der Waals surface area contributed by atoms with Gasteiger partial charge >= 0.3 is 0 Å². The van der Waals surface area contributed by atoms with Crippen molar-refractivity contribution < 1.29 is 9.21 Å². The van der Waals surface area contributed by atoms with Crippen LogP contribution in [0.2, 0.25) is 0 Å². The van der Waals surface area contributed by atoms with E-state index in [2.05, 4.69) is 13.8 Å². The van der Waals surface area contributed by atoms with Gasteiger partial charge in [-0.2, -0.15) is 0 Å². The van der Waals surface area contributed by atoms with E-state index in [0.29, 0.717) is 17.0 Å². The van der Waals surface area contributed by atoms with E-state index >= 15 is 0 Å². The van der Waals surface area contributed by atoms with Gasteiger partial charge in [0, 0.05) is 19.9 Å². The maximum atomic E-state index is 11.8. The van der Waals surface area contributed by atoms with Crippen molar-refractivity contribution in [2.45, 2.75) is 26.7 Å². The van der Waals surface area contributed by atoms with Gasteiger partial charge in [-0.15, -0.1) is 0 Å². The van der Waals surface area contributed by atoms with E-state index in [-0.39, 0.29) is 11.2 Å². The topological polar surface area (TPSA) is 35.1 Å². The highest BCUT2D eigenvalue weighted by Crippen LogP contribution is 2.35. The first-order chi connectivity index (χ1) is 6.41. The van der Waals surface area contributed by atoms with Crippen LogP contribution in [0.25, 0.3) is 0 Å². The van der Waals surface area contributed by atoms with Crippen LogP contribution in [0.15, 0.2) is 4.42 Å². The monoisotopic (exact) mass is 211 g/mol.